The lowest BCUT2D eigenvalue weighted by molar-refractivity contribution is -0.115. The summed E-state index contributed by atoms with van der Waals surface area (Å²) in [5.41, 5.74) is 2.57. The summed E-state index contributed by atoms with van der Waals surface area (Å²) in [5, 5.41) is 0. The predicted molar refractivity (Wildman–Crippen MR) is 60.4 cm³/mol. The SMILES string of the molecule is CC(C)(C=O)CN1Cc2ccccc2C1. The second-order valence-electron chi connectivity index (χ2n) is 5.02. The van der Waals surface area contributed by atoms with Gasteiger partial charge in [0.25, 0.3) is 0 Å². The number of benzene rings is 1. The molecule has 0 fully saturated rings. The number of carbonyl (C=O) groups is 1. The molecule has 80 valence electrons. The van der Waals surface area contributed by atoms with Gasteiger partial charge in [0.05, 0.1) is 0 Å². The summed E-state index contributed by atoms with van der Waals surface area (Å²) in [4.78, 5) is 13.2. The first kappa shape index (κ1) is 10.4. The van der Waals surface area contributed by atoms with E-state index < -0.39 is 0 Å². The lowest BCUT2D eigenvalue weighted by atomic mass is 9.95. The number of carbonyl (C=O) groups excluding carboxylic acids is 1. The maximum atomic E-state index is 10.9. The first-order valence-electron chi connectivity index (χ1n) is 5.36. The summed E-state index contributed by atoms with van der Waals surface area (Å²) in [7, 11) is 0. The van der Waals surface area contributed by atoms with E-state index in [0.717, 1.165) is 25.9 Å². The fourth-order valence-corrected chi connectivity index (χ4v) is 2.13. The van der Waals surface area contributed by atoms with Gasteiger partial charge in [-0.3, -0.25) is 4.90 Å². The van der Waals surface area contributed by atoms with Crippen LogP contribution in [0.2, 0.25) is 0 Å². The van der Waals surface area contributed by atoms with Crippen LogP contribution in [0.25, 0.3) is 0 Å². The van der Waals surface area contributed by atoms with Gasteiger partial charge in [-0.25, -0.2) is 0 Å². The zero-order chi connectivity index (χ0) is 10.9. The lowest BCUT2D eigenvalue weighted by Gasteiger charge is -2.24. The summed E-state index contributed by atoms with van der Waals surface area (Å²) in [5.74, 6) is 0. The van der Waals surface area contributed by atoms with Crippen molar-refractivity contribution in [3.8, 4) is 0 Å². The van der Waals surface area contributed by atoms with Crippen molar-refractivity contribution >= 4 is 6.29 Å². The van der Waals surface area contributed by atoms with Crippen molar-refractivity contribution in [2.75, 3.05) is 6.54 Å². The van der Waals surface area contributed by atoms with Gasteiger partial charge in [-0.15, -0.1) is 0 Å². The average molecular weight is 203 g/mol. The third kappa shape index (κ3) is 2.26. The van der Waals surface area contributed by atoms with Crippen molar-refractivity contribution in [2.24, 2.45) is 5.41 Å². The Bertz CT molecular complexity index is 346. The maximum Gasteiger partial charge on any atom is 0.126 e. The van der Waals surface area contributed by atoms with Crippen molar-refractivity contribution in [3.63, 3.8) is 0 Å². The molecule has 2 nitrogen and oxygen atoms in total. The van der Waals surface area contributed by atoms with Crippen molar-refractivity contribution in [2.45, 2.75) is 26.9 Å². The molecule has 0 spiro atoms. The second-order valence-corrected chi connectivity index (χ2v) is 5.02. The molecule has 0 bridgehead atoms. The topological polar surface area (TPSA) is 20.3 Å². The molecule has 0 N–H and O–H groups in total. The molecule has 0 atom stereocenters. The van der Waals surface area contributed by atoms with Crippen LogP contribution in [0.4, 0.5) is 0 Å². The average Bonchev–Trinajstić information content (AvgIpc) is 2.58. The summed E-state index contributed by atoms with van der Waals surface area (Å²) in [6.07, 6.45) is 1.05. The molecule has 1 aliphatic rings. The Morgan fingerprint density at radius 2 is 1.80 bits per heavy atom. The molecule has 1 aromatic carbocycles. The molecule has 1 aliphatic heterocycles. The van der Waals surface area contributed by atoms with Crippen LogP contribution in [0.15, 0.2) is 24.3 Å². The summed E-state index contributed by atoms with van der Waals surface area (Å²) in [6.45, 7) is 6.78. The predicted octanol–water partition coefficient (Wildman–Crippen LogP) is 2.23. The highest BCUT2D eigenvalue weighted by Crippen LogP contribution is 2.25. The molecule has 0 aliphatic carbocycles. The smallest absolute Gasteiger partial charge is 0.126 e. The first-order chi connectivity index (χ1) is 7.11. The van der Waals surface area contributed by atoms with Crippen LogP contribution >= 0.6 is 0 Å². The zero-order valence-corrected chi connectivity index (χ0v) is 9.36. The highest BCUT2D eigenvalue weighted by Gasteiger charge is 2.25. The normalized spacial score (nSPS) is 16.4. The third-order valence-corrected chi connectivity index (χ3v) is 2.86. The Labute approximate surface area is 90.9 Å². The number of hydrogen-bond acceptors (Lipinski definition) is 2. The molecule has 0 aromatic heterocycles. The van der Waals surface area contributed by atoms with Crippen LogP contribution in [0, 0.1) is 5.41 Å². The quantitative estimate of drug-likeness (QED) is 0.702. The highest BCUT2D eigenvalue weighted by atomic mass is 16.1. The molecule has 0 unspecified atom stereocenters. The Hall–Kier alpha value is -1.15. The number of fused-ring (bicyclic) bond motifs is 1. The van der Waals surface area contributed by atoms with E-state index >= 15 is 0 Å². The molecule has 0 radical (unpaired) electrons. The standard InChI is InChI=1S/C13H17NO/c1-13(2,10-15)9-14-7-11-5-3-4-6-12(11)8-14/h3-6,10H,7-9H2,1-2H3. The van der Waals surface area contributed by atoms with Gasteiger partial charge in [0, 0.05) is 25.0 Å². The van der Waals surface area contributed by atoms with Crippen LogP contribution in [0.3, 0.4) is 0 Å². The number of nitrogens with zero attached hydrogens (tertiary/aromatic N) is 1. The monoisotopic (exact) mass is 203 g/mol. The molecule has 0 amide bonds. The van der Waals surface area contributed by atoms with Gasteiger partial charge >= 0.3 is 0 Å². The van der Waals surface area contributed by atoms with Gasteiger partial charge < -0.3 is 4.79 Å². The minimum Gasteiger partial charge on any atom is -0.303 e. The van der Waals surface area contributed by atoms with Crippen molar-refractivity contribution in [3.05, 3.63) is 35.4 Å². The van der Waals surface area contributed by atoms with E-state index in [1.165, 1.54) is 11.1 Å². The number of aldehydes is 1. The molecular formula is C13H17NO. The zero-order valence-electron chi connectivity index (χ0n) is 9.36. The Kier molecular flexibility index (Phi) is 2.61. The van der Waals surface area contributed by atoms with Crippen LogP contribution in [0.1, 0.15) is 25.0 Å². The maximum absolute atomic E-state index is 10.9. The minimum atomic E-state index is -0.234. The van der Waals surface area contributed by atoms with Crippen molar-refractivity contribution in [1.82, 2.24) is 4.90 Å². The van der Waals surface area contributed by atoms with Gasteiger partial charge in [0.2, 0.25) is 0 Å². The molecule has 2 rings (SSSR count). The highest BCUT2D eigenvalue weighted by molar-refractivity contribution is 5.58. The van der Waals surface area contributed by atoms with Gasteiger partial charge in [0.1, 0.15) is 6.29 Å². The Morgan fingerprint density at radius 1 is 1.27 bits per heavy atom. The fourth-order valence-electron chi connectivity index (χ4n) is 2.13. The Morgan fingerprint density at radius 3 is 2.27 bits per heavy atom. The molecular weight excluding hydrogens is 186 g/mol. The molecule has 0 saturated carbocycles. The van der Waals surface area contributed by atoms with Crippen LogP contribution in [-0.4, -0.2) is 17.7 Å². The van der Waals surface area contributed by atoms with E-state index in [9.17, 15) is 4.79 Å². The largest absolute Gasteiger partial charge is 0.303 e. The van der Waals surface area contributed by atoms with Crippen molar-refractivity contribution in [1.29, 1.82) is 0 Å². The molecule has 0 saturated heterocycles. The minimum absolute atomic E-state index is 0.234. The van der Waals surface area contributed by atoms with Gasteiger partial charge in [-0.1, -0.05) is 38.1 Å². The van der Waals surface area contributed by atoms with E-state index in [0.29, 0.717) is 0 Å². The summed E-state index contributed by atoms with van der Waals surface area (Å²) >= 11 is 0. The molecule has 1 heterocycles. The van der Waals surface area contributed by atoms with Crippen LogP contribution < -0.4 is 0 Å². The number of hydrogen-bond donors (Lipinski definition) is 0. The second kappa shape index (κ2) is 3.78. The van der Waals surface area contributed by atoms with E-state index in [-0.39, 0.29) is 5.41 Å². The van der Waals surface area contributed by atoms with Crippen molar-refractivity contribution < 1.29 is 4.79 Å². The molecule has 15 heavy (non-hydrogen) atoms. The number of rotatable bonds is 3. The fraction of sp³-hybridized carbons (Fsp3) is 0.462. The van der Waals surface area contributed by atoms with Gasteiger partial charge in [-0.05, 0) is 11.1 Å². The third-order valence-electron chi connectivity index (χ3n) is 2.86. The van der Waals surface area contributed by atoms with Crippen LogP contribution in [-0.2, 0) is 17.9 Å². The summed E-state index contributed by atoms with van der Waals surface area (Å²) < 4.78 is 0. The molecule has 1 aromatic rings. The van der Waals surface area contributed by atoms with E-state index in [1.54, 1.807) is 0 Å². The molecule has 2 heteroatoms. The van der Waals surface area contributed by atoms with E-state index in [2.05, 4.69) is 29.2 Å². The van der Waals surface area contributed by atoms with E-state index in [4.69, 9.17) is 0 Å². The lowest BCUT2D eigenvalue weighted by Crippen LogP contribution is -2.31. The first-order valence-corrected chi connectivity index (χ1v) is 5.36. The Balaban J connectivity index is 2.05. The summed E-state index contributed by atoms with van der Waals surface area (Å²) in [6, 6.07) is 8.49. The van der Waals surface area contributed by atoms with Crippen LogP contribution in [0.5, 0.6) is 0 Å². The van der Waals surface area contributed by atoms with Gasteiger partial charge in [0.15, 0.2) is 0 Å². The van der Waals surface area contributed by atoms with Gasteiger partial charge in [-0.2, -0.15) is 0 Å². The van der Waals surface area contributed by atoms with E-state index in [1.807, 2.05) is 13.8 Å².